The lowest BCUT2D eigenvalue weighted by molar-refractivity contribution is -0.138. The molecule has 1 amide bonds. The fraction of sp³-hybridized carbons (Fsp3) is 0.562. The number of hydrogen-bond donors (Lipinski definition) is 0. The predicted molar refractivity (Wildman–Crippen MR) is 92.3 cm³/mol. The summed E-state index contributed by atoms with van der Waals surface area (Å²) in [6.45, 7) is 2.24. The van der Waals surface area contributed by atoms with Gasteiger partial charge in [0.2, 0.25) is 15.9 Å². The third-order valence-electron chi connectivity index (χ3n) is 4.52. The van der Waals surface area contributed by atoms with Crippen molar-refractivity contribution < 1.29 is 22.7 Å². The van der Waals surface area contributed by atoms with Crippen molar-refractivity contribution in [3.8, 4) is 5.75 Å². The van der Waals surface area contributed by atoms with Gasteiger partial charge in [0.25, 0.3) is 0 Å². The Hall–Kier alpha value is -1.35. The first-order chi connectivity index (χ1) is 11.9. The molecule has 3 rings (SSSR count). The van der Waals surface area contributed by atoms with E-state index in [1.54, 1.807) is 11.0 Å². The Morgan fingerprint density at radius 3 is 2.68 bits per heavy atom. The number of methoxy groups -OCH3 is 1. The number of sulfonamides is 1. The van der Waals surface area contributed by atoms with E-state index >= 15 is 0 Å². The number of amides is 1. The molecule has 0 aromatic heterocycles. The molecule has 7 nitrogen and oxygen atoms in total. The molecule has 1 aromatic carbocycles. The fourth-order valence-electron chi connectivity index (χ4n) is 3.25. The van der Waals surface area contributed by atoms with Crippen LogP contribution >= 0.6 is 11.6 Å². The summed E-state index contributed by atoms with van der Waals surface area (Å²) in [4.78, 5) is 14.5. The van der Waals surface area contributed by atoms with E-state index in [0.717, 1.165) is 0 Å². The van der Waals surface area contributed by atoms with Crippen LogP contribution in [0.5, 0.6) is 5.75 Å². The molecule has 0 bridgehead atoms. The van der Waals surface area contributed by atoms with Crippen LogP contribution in [0.1, 0.15) is 12.8 Å². The molecule has 0 saturated carbocycles. The molecule has 2 aliphatic rings. The van der Waals surface area contributed by atoms with E-state index in [0.29, 0.717) is 50.7 Å². The van der Waals surface area contributed by atoms with Gasteiger partial charge in [-0.2, -0.15) is 4.31 Å². The van der Waals surface area contributed by atoms with Crippen LogP contribution in [0.15, 0.2) is 23.1 Å². The van der Waals surface area contributed by atoms with Crippen LogP contribution in [0.3, 0.4) is 0 Å². The summed E-state index contributed by atoms with van der Waals surface area (Å²) in [6.07, 6.45) is 1.15. The van der Waals surface area contributed by atoms with E-state index < -0.39 is 16.1 Å². The lowest BCUT2D eigenvalue weighted by atomic mass is 10.2. The topological polar surface area (TPSA) is 76.2 Å². The highest BCUT2D eigenvalue weighted by atomic mass is 35.5. The molecule has 0 unspecified atom stereocenters. The lowest BCUT2D eigenvalue weighted by Crippen LogP contribution is -2.51. The van der Waals surface area contributed by atoms with Gasteiger partial charge in [0.15, 0.2) is 0 Å². The van der Waals surface area contributed by atoms with Crippen LogP contribution in [0.2, 0.25) is 5.02 Å². The number of benzene rings is 1. The number of morpholine rings is 1. The maximum atomic E-state index is 13.2. The summed E-state index contributed by atoms with van der Waals surface area (Å²) in [5.74, 6) is 0.0549. The third-order valence-corrected chi connectivity index (χ3v) is 6.69. The van der Waals surface area contributed by atoms with E-state index in [2.05, 4.69) is 0 Å². The second-order valence-electron chi connectivity index (χ2n) is 6.01. The van der Waals surface area contributed by atoms with E-state index in [1.165, 1.54) is 23.5 Å². The van der Waals surface area contributed by atoms with Crippen molar-refractivity contribution in [3.05, 3.63) is 23.2 Å². The van der Waals surface area contributed by atoms with E-state index in [-0.39, 0.29) is 16.6 Å². The SMILES string of the molecule is COc1ccc(Cl)cc1S(=O)(=O)N1CCC[C@H]1C(=O)N1CCOCC1. The number of hydrogen-bond acceptors (Lipinski definition) is 5. The van der Waals surface area contributed by atoms with Gasteiger partial charge in [-0.15, -0.1) is 0 Å². The molecule has 2 heterocycles. The second kappa shape index (κ2) is 7.49. The molecule has 0 N–H and O–H groups in total. The molecular weight excluding hydrogens is 368 g/mol. The van der Waals surface area contributed by atoms with E-state index in [9.17, 15) is 13.2 Å². The van der Waals surface area contributed by atoms with Gasteiger partial charge in [-0.3, -0.25) is 4.79 Å². The first-order valence-electron chi connectivity index (χ1n) is 8.17. The van der Waals surface area contributed by atoms with Gasteiger partial charge in [-0.1, -0.05) is 11.6 Å². The van der Waals surface area contributed by atoms with E-state index in [4.69, 9.17) is 21.1 Å². The van der Waals surface area contributed by atoms with Gasteiger partial charge in [0.05, 0.1) is 20.3 Å². The van der Waals surface area contributed by atoms with Crippen LogP contribution in [0, 0.1) is 0 Å². The third kappa shape index (κ3) is 3.62. The molecule has 25 heavy (non-hydrogen) atoms. The Labute approximate surface area is 152 Å². The van der Waals surface area contributed by atoms with Gasteiger partial charge in [0.1, 0.15) is 16.7 Å². The smallest absolute Gasteiger partial charge is 0.247 e. The highest BCUT2D eigenvalue weighted by Gasteiger charge is 2.42. The summed E-state index contributed by atoms with van der Waals surface area (Å²) in [6, 6.07) is 3.76. The minimum absolute atomic E-state index is 0.0100. The zero-order valence-electron chi connectivity index (χ0n) is 14.0. The van der Waals surface area contributed by atoms with Crippen LogP contribution in [-0.2, 0) is 19.6 Å². The summed E-state index contributed by atoms with van der Waals surface area (Å²) in [7, 11) is -2.49. The average molecular weight is 389 g/mol. The van der Waals surface area contributed by atoms with Crippen molar-refractivity contribution in [2.75, 3.05) is 40.0 Å². The standard InChI is InChI=1S/C16H21ClN2O5S/c1-23-14-5-4-12(17)11-15(14)25(21,22)19-6-2-3-13(19)16(20)18-7-9-24-10-8-18/h4-5,11,13H,2-3,6-10H2,1H3/t13-/m0/s1. The first-order valence-corrected chi connectivity index (χ1v) is 9.99. The second-order valence-corrected chi connectivity index (χ2v) is 8.30. The van der Waals surface area contributed by atoms with Crippen molar-refractivity contribution in [2.45, 2.75) is 23.8 Å². The normalized spacial score (nSPS) is 22.2. The zero-order chi connectivity index (χ0) is 18.0. The largest absolute Gasteiger partial charge is 0.495 e. The molecular formula is C16H21ClN2O5S. The molecule has 138 valence electrons. The molecule has 9 heteroatoms. The molecule has 2 fully saturated rings. The minimum Gasteiger partial charge on any atom is -0.495 e. The van der Waals surface area contributed by atoms with Crippen molar-refractivity contribution in [2.24, 2.45) is 0 Å². The number of carbonyl (C=O) groups excluding carboxylic acids is 1. The van der Waals surface area contributed by atoms with Gasteiger partial charge < -0.3 is 14.4 Å². The number of nitrogens with zero attached hydrogens (tertiary/aromatic N) is 2. The highest BCUT2D eigenvalue weighted by molar-refractivity contribution is 7.89. The fourth-order valence-corrected chi connectivity index (χ4v) is 5.32. The first kappa shape index (κ1) is 18.4. The Bertz CT molecular complexity index is 749. The van der Waals surface area contributed by atoms with Crippen molar-refractivity contribution in [1.82, 2.24) is 9.21 Å². The molecule has 1 atom stereocenters. The summed E-state index contributed by atoms with van der Waals surface area (Å²) < 4.78 is 38.0. The predicted octanol–water partition coefficient (Wildman–Crippen LogP) is 1.36. The summed E-state index contributed by atoms with van der Waals surface area (Å²) >= 11 is 5.98. The Morgan fingerprint density at radius 2 is 2.00 bits per heavy atom. The summed E-state index contributed by atoms with van der Waals surface area (Å²) in [5, 5.41) is 0.301. The quantitative estimate of drug-likeness (QED) is 0.778. The molecule has 2 aliphatic heterocycles. The molecule has 0 spiro atoms. The van der Waals surface area contributed by atoms with Gasteiger partial charge in [-0.05, 0) is 31.0 Å². The van der Waals surface area contributed by atoms with Crippen LogP contribution in [0.25, 0.3) is 0 Å². The Morgan fingerprint density at radius 1 is 1.28 bits per heavy atom. The van der Waals surface area contributed by atoms with Crippen molar-refractivity contribution in [1.29, 1.82) is 0 Å². The van der Waals surface area contributed by atoms with Crippen LogP contribution < -0.4 is 4.74 Å². The number of halogens is 1. The monoisotopic (exact) mass is 388 g/mol. The van der Waals surface area contributed by atoms with Crippen LogP contribution in [0.4, 0.5) is 0 Å². The highest BCUT2D eigenvalue weighted by Crippen LogP contribution is 2.33. The lowest BCUT2D eigenvalue weighted by Gasteiger charge is -2.32. The Balaban J connectivity index is 1.91. The van der Waals surface area contributed by atoms with Gasteiger partial charge in [0, 0.05) is 24.7 Å². The summed E-state index contributed by atoms with van der Waals surface area (Å²) in [5.41, 5.74) is 0. The maximum Gasteiger partial charge on any atom is 0.247 e. The van der Waals surface area contributed by atoms with Crippen molar-refractivity contribution >= 4 is 27.5 Å². The number of carbonyl (C=O) groups is 1. The number of rotatable bonds is 4. The molecule has 1 aromatic rings. The molecule has 2 saturated heterocycles. The van der Waals surface area contributed by atoms with Crippen LogP contribution in [-0.4, -0.2) is 69.5 Å². The van der Waals surface area contributed by atoms with Gasteiger partial charge in [-0.25, -0.2) is 8.42 Å². The molecule has 0 radical (unpaired) electrons. The molecule has 0 aliphatic carbocycles. The van der Waals surface area contributed by atoms with Crippen molar-refractivity contribution in [3.63, 3.8) is 0 Å². The van der Waals surface area contributed by atoms with E-state index in [1.807, 2.05) is 0 Å². The average Bonchev–Trinajstić information content (AvgIpc) is 3.12. The minimum atomic E-state index is -3.89. The van der Waals surface area contributed by atoms with Gasteiger partial charge >= 0.3 is 0 Å². The Kier molecular flexibility index (Phi) is 5.52. The number of ether oxygens (including phenoxy) is 2. The maximum absolute atomic E-state index is 13.2. The zero-order valence-corrected chi connectivity index (χ0v) is 15.6.